The summed E-state index contributed by atoms with van der Waals surface area (Å²) in [6.45, 7) is 3.90. The maximum Gasteiger partial charge on any atom is 0.264 e. The number of fused-ring (bicyclic) bond motifs is 1. The molecule has 0 bridgehead atoms. The van der Waals surface area contributed by atoms with Crippen molar-refractivity contribution < 1.29 is 22.7 Å². The van der Waals surface area contributed by atoms with Gasteiger partial charge in [-0.05, 0) is 73.5 Å². The van der Waals surface area contributed by atoms with E-state index >= 15 is 0 Å². The summed E-state index contributed by atoms with van der Waals surface area (Å²) in [5.41, 5.74) is 2.89. The lowest BCUT2D eigenvalue weighted by Crippen LogP contribution is -2.34. The van der Waals surface area contributed by atoms with E-state index in [1.54, 1.807) is 30.3 Å². The van der Waals surface area contributed by atoms with E-state index in [4.69, 9.17) is 21.1 Å². The Morgan fingerprint density at radius 1 is 0.970 bits per heavy atom. The first kappa shape index (κ1) is 22.9. The zero-order chi connectivity index (χ0) is 23.6. The van der Waals surface area contributed by atoms with E-state index in [2.05, 4.69) is 5.32 Å². The molecule has 0 radical (unpaired) electrons. The summed E-state index contributed by atoms with van der Waals surface area (Å²) in [7, 11) is -3.92. The van der Waals surface area contributed by atoms with Crippen molar-refractivity contribution in [2.24, 2.45) is 0 Å². The highest BCUT2D eigenvalue weighted by Crippen LogP contribution is 2.34. The molecule has 0 saturated carbocycles. The highest BCUT2D eigenvalue weighted by molar-refractivity contribution is 7.92. The lowest BCUT2D eigenvalue weighted by Gasteiger charge is -2.25. The van der Waals surface area contributed by atoms with Crippen molar-refractivity contribution in [1.82, 2.24) is 0 Å². The molecule has 1 N–H and O–H groups in total. The molecule has 1 heterocycles. The standard InChI is InChI=1S/C24H23ClN2O5S/c1-16-11-17(2)13-20(12-16)27(33(29,30)21-6-3-18(25)4-7-21)10-9-24(28)26-19-5-8-22-23(14-19)32-15-31-22/h3-8,11-14H,9-10,15H2,1-2H3,(H,26,28). The second-order valence-electron chi connectivity index (χ2n) is 7.74. The first-order valence-corrected chi connectivity index (χ1v) is 12.1. The molecule has 0 saturated heterocycles. The Morgan fingerprint density at radius 2 is 1.64 bits per heavy atom. The highest BCUT2D eigenvalue weighted by atomic mass is 35.5. The number of aryl methyl sites for hydroxylation is 2. The van der Waals surface area contributed by atoms with Gasteiger partial charge in [-0.15, -0.1) is 0 Å². The number of anilines is 2. The van der Waals surface area contributed by atoms with Gasteiger partial charge in [0.25, 0.3) is 10.0 Å². The van der Waals surface area contributed by atoms with Gasteiger partial charge < -0.3 is 14.8 Å². The van der Waals surface area contributed by atoms with Crippen LogP contribution in [0.3, 0.4) is 0 Å². The van der Waals surface area contributed by atoms with Crippen molar-refractivity contribution in [2.45, 2.75) is 25.2 Å². The van der Waals surface area contributed by atoms with Gasteiger partial charge in [0, 0.05) is 29.7 Å². The SMILES string of the molecule is Cc1cc(C)cc(N(CCC(=O)Nc2ccc3c(c2)OCO3)S(=O)(=O)c2ccc(Cl)cc2)c1. The summed E-state index contributed by atoms with van der Waals surface area (Å²) in [5.74, 6) is 0.840. The number of rotatable bonds is 7. The first-order valence-electron chi connectivity index (χ1n) is 10.3. The minimum absolute atomic E-state index is 0.0375. The number of amides is 1. The zero-order valence-electron chi connectivity index (χ0n) is 18.2. The van der Waals surface area contributed by atoms with Crippen molar-refractivity contribution >= 4 is 38.9 Å². The summed E-state index contributed by atoms with van der Waals surface area (Å²) < 4.78 is 38.8. The predicted molar refractivity (Wildman–Crippen MR) is 128 cm³/mol. The third kappa shape index (κ3) is 5.23. The van der Waals surface area contributed by atoms with E-state index in [1.807, 2.05) is 19.9 Å². The van der Waals surface area contributed by atoms with Gasteiger partial charge in [0.2, 0.25) is 12.7 Å². The van der Waals surface area contributed by atoms with Gasteiger partial charge in [-0.3, -0.25) is 9.10 Å². The molecule has 0 atom stereocenters. The number of nitrogens with zero attached hydrogens (tertiary/aromatic N) is 1. The van der Waals surface area contributed by atoms with Crippen LogP contribution in [0.4, 0.5) is 11.4 Å². The highest BCUT2D eigenvalue weighted by Gasteiger charge is 2.26. The minimum atomic E-state index is -3.92. The Balaban J connectivity index is 1.57. The van der Waals surface area contributed by atoms with Gasteiger partial charge in [0.15, 0.2) is 11.5 Å². The van der Waals surface area contributed by atoms with E-state index in [9.17, 15) is 13.2 Å². The van der Waals surface area contributed by atoms with E-state index < -0.39 is 10.0 Å². The number of benzene rings is 3. The first-order chi connectivity index (χ1) is 15.7. The summed E-state index contributed by atoms with van der Waals surface area (Å²) in [6.07, 6.45) is -0.0474. The fraction of sp³-hybridized carbons (Fsp3) is 0.208. The number of ether oxygens (including phenoxy) is 2. The summed E-state index contributed by atoms with van der Waals surface area (Å²) in [5, 5.41) is 3.23. The van der Waals surface area contributed by atoms with Crippen molar-refractivity contribution in [3.05, 3.63) is 76.8 Å². The van der Waals surface area contributed by atoms with Gasteiger partial charge in [0.1, 0.15) is 0 Å². The smallest absolute Gasteiger partial charge is 0.264 e. The minimum Gasteiger partial charge on any atom is -0.454 e. The van der Waals surface area contributed by atoms with E-state index in [0.29, 0.717) is 27.9 Å². The predicted octanol–water partition coefficient (Wildman–Crippen LogP) is 4.91. The third-order valence-corrected chi connectivity index (χ3v) is 7.19. The Morgan fingerprint density at radius 3 is 2.33 bits per heavy atom. The average Bonchev–Trinajstić information content (AvgIpc) is 3.21. The molecule has 0 fully saturated rings. The number of hydrogen-bond donors (Lipinski definition) is 1. The quantitative estimate of drug-likeness (QED) is 0.513. The molecule has 3 aromatic carbocycles. The molecular weight excluding hydrogens is 464 g/mol. The maximum atomic E-state index is 13.5. The second-order valence-corrected chi connectivity index (χ2v) is 10.0. The van der Waals surface area contributed by atoms with Crippen LogP contribution in [0.25, 0.3) is 0 Å². The van der Waals surface area contributed by atoms with Crippen LogP contribution in [0.5, 0.6) is 11.5 Å². The third-order valence-electron chi connectivity index (χ3n) is 5.09. The number of carbonyl (C=O) groups is 1. The monoisotopic (exact) mass is 486 g/mol. The van der Waals surface area contributed by atoms with E-state index in [1.165, 1.54) is 28.6 Å². The zero-order valence-corrected chi connectivity index (χ0v) is 19.7. The molecular formula is C24H23ClN2O5S. The molecule has 0 spiro atoms. The van der Waals surface area contributed by atoms with Crippen molar-refractivity contribution in [2.75, 3.05) is 23.0 Å². The number of carbonyl (C=O) groups excluding carboxylic acids is 1. The molecule has 1 aliphatic rings. The van der Waals surface area contributed by atoms with Crippen molar-refractivity contribution in [3.63, 3.8) is 0 Å². The largest absolute Gasteiger partial charge is 0.454 e. The van der Waals surface area contributed by atoms with Crippen molar-refractivity contribution in [1.29, 1.82) is 0 Å². The van der Waals surface area contributed by atoms with Crippen LogP contribution in [-0.2, 0) is 14.8 Å². The normalized spacial score (nSPS) is 12.5. The molecule has 33 heavy (non-hydrogen) atoms. The molecule has 0 aliphatic carbocycles. The maximum absolute atomic E-state index is 13.5. The van der Waals surface area contributed by atoms with Gasteiger partial charge in [-0.25, -0.2) is 8.42 Å². The van der Waals surface area contributed by atoms with Crippen LogP contribution in [-0.4, -0.2) is 27.7 Å². The van der Waals surface area contributed by atoms with Crippen LogP contribution in [0.1, 0.15) is 17.5 Å². The van der Waals surface area contributed by atoms with Crippen LogP contribution in [0.15, 0.2) is 65.6 Å². The molecule has 172 valence electrons. The molecule has 0 aromatic heterocycles. The number of sulfonamides is 1. The molecule has 0 unspecified atom stereocenters. The van der Waals surface area contributed by atoms with Gasteiger partial charge in [-0.1, -0.05) is 17.7 Å². The van der Waals surface area contributed by atoms with Crippen LogP contribution >= 0.6 is 11.6 Å². The number of hydrogen-bond acceptors (Lipinski definition) is 5. The van der Waals surface area contributed by atoms with E-state index in [0.717, 1.165) is 11.1 Å². The van der Waals surface area contributed by atoms with Crippen LogP contribution in [0, 0.1) is 13.8 Å². The molecule has 4 rings (SSSR count). The second kappa shape index (κ2) is 9.33. The fourth-order valence-corrected chi connectivity index (χ4v) is 5.19. The van der Waals surface area contributed by atoms with Crippen LogP contribution < -0.4 is 19.1 Å². The molecule has 7 nitrogen and oxygen atoms in total. The summed E-state index contributed by atoms with van der Waals surface area (Å²) >= 11 is 5.94. The van der Waals surface area contributed by atoms with E-state index in [-0.39, 0.29) is 30.6 Å². The number of nitrogens with one attached hydrogen (secondary N) is 1. The van der Waals surface area contributed by atoms with Gasteiger partial charge in [0.05, 0.1) is 10.6 Å². The Hall–Kier alpha value is -3.23. The lowest BCUT2D eigenvalue weighted by atomic mass is 10.1. The van der Waals surface area contributed by atoms with Gasteiger partial charge >= 0.3 is 0 Å². The summed E-state index contributed by atoms with van der Waals surface area (Å²) in [4.78, 5) is 12.8. The lowest BCUT2D eigenvalue weighted by molar-refractivity contribution is -0.116. The Labute approximate surface area is 197 Å². The Kier molecular flexibility index (Phi) is 6.49. The van der Waals surface area contributed by atoms with Crippen LogP contribution in [0.2, 0.25) is 5.02 Å². The summed E-state index contributed by atoms with van der Waals surface area (Å²) in [6, 6.07) is 16.6. The fourth-order valence-electron chi connectivity index (χ4n) is 3.62. The molecule has 1 amide bonds. The average molecular weight is 487 g/mol. The number of halogens is 1. The molecule has 3 aromatic rings. The van der Waals surface area contributed by atoms with Crippen molar-refractivity contribution in [3.8, 4) is 11.5 Å². The van der Waals surface area contributed by atoms with Gasteiger partial charge in [-0.2, -0.15) is 0 Å². The molecule has 9 heteroatoms. The Bertz CT molecular complexity index is 1270. The topological polar surface area (TPSA) is 84.9 Å². The molecule has 1 aliphatic heterocycles.